The lowest BCUT2D eigenvalue weighted by Crippen LogP contribution is -2.48. The number of carbonyl (C=O) groups is 2. The summed E-state index contributed by atoms with van der Waals surface area (Å²) in [6.07, 6.45) is -1.80. The second kappa shape index (κ2) is 7.42. The molecule has 2 unspecified atom stereocenters. The molecule has 2 rings (SSSR count). The first-order valence-corrected chi connectivity index (χ1v) is 7.02. The average molecular weight is 315 g/mol. The Morgan fingerprint density at radius 3 is 2.22 bits per heavy atom. The van der Waals surface area contributed by atoms with Gasteiger partial charge in [0.1, 0.15) is 5.75 Å². The predicted molar refractivity (Wildman–Crippen MR) is 83.1 cm³/mol. The number of para-hydroxylation sites is 1. The maximum Gasteiger partial charge on any atom is 0.334 e. The Kier molecular flexibility index (Phi) is 5.32. The molecule has 0 aliphatic heterocycles. The van der Waals surface area contributed by atoms with Crippen LogP contribution >= 0.6 is 0 Å². The number of benzene rings is 2. The minimum Gasteiger partial charge on any atom is -0.508 e. The van der Waals surface area contributed by atoms with E-state index >= 15 is 0 Å². The Hall–Kier alpha value is -2.86. The summed E-state index contributed by atoms with van der Waals surface area (Å²) in [5.41, 5.74) is 0.790. The van der Waals surface area contributed by atoms with E-state index in [-0.39, 0.29) is 12.2 Å². The minimum atomic E-state index is -1.79. The molecular formula is C17H17NO5. The molecule has 0 saturated heterocycles. The van der Waals surface area contributed by atoms with Crippen LogP contribution in [0.1, 0.15) is 15.9 Å². The van der Waals surface area contributed by atoms with Crippen molar-refractivity contribution >= 4 is 11.9 Å². The fourth-order valence-corrected chi connectivity index (χ4v) is 2.18. The lowest BCUT2D eigenvalue weighted by atomic mass is 10.00. The molecule has 0 bridgehead atoms. The summed E-state index contributed by atoms with van der Waals surface area (Å²) >= 11 is 0. The van der Waals surface area contributed by atoms with Gasteiger partial charge >= 0.3 is 5.97 Å². The highest BCUT2D eigenvalue weighted by Crippen LogP contribution is 2.18. The van der Waals surface area contributed by atoms with Gasteiger partial charge in [0.05, 0.1) is 6.04 Å². The zero-order chi connectivity index (χ0) is 16.8. The van der Waals surface area contributed by atoms with Gasteiger partial charge in [-0.15, -0.1) is 0 Å². The summed E-state index contributed by atoms with van der Waals surface area (Å²) in [4.78, 5) is 23.2. The van der Waals surface area contributed by atoms with Crippen molar-refractivity contribution in [3.63, 3.8) is 0 Å². The number of aliphatic hydroxyl groups is 1. The molecule has 0 aromatic heterocycles. The van der Waals surface area contributed by atoms with Gasteiger partial charge < -0.3 is 20.6 Å². The van der Waals surface area contributed by atoms with Crippen LogP contribution in [0.25, 0.3) is 0 Å². The Morgan fingerprint density at radius 1 is 1.00 bits per heavy atom. The largest absolute Gasteiger partial charge is 0.508 e. The SMILES string of the molecule is O=C(NC(Cc1ccccc1O)C(O)C(=O)O)c1ccccc1. The van der Waals surface area contributed by atoms with Gasteiger partial charge in [-0.05, 0) is 30.2 Å². The van der Waals surface area contributed by atoms with Gasteiger partial charge in [-0.2, -0.15) is 0 Å². The first-order valence-electron chi connectivity index (χ1n) is 7.02. The van der Waals surface area contributed by atoms with Crippen LogP contribution in [0.4, 0.5) is 0 Å². The Balaban J connectivity index is 2.19. The van der Waals surface area contributed by atoms with Crippen molar-refractivity contribution in [2.45, 2.75) is 18.6 Å². The number of hydrogen-bond donors (Lipinski definition) is 4. The molecule has 2 aromatic rings. The van der Waals surface area contributed by atoms with Crippen LogP contribution in [-0.4, -0.2) is 39.3 Å². The van der Waals surface area contributed by atoms with E-state index in [0.717, 1.165) is 0 Å². The maximum atomic E-state index is 12.2. The van der Waals surface area contributed by atoms with Crippen LogP contribution in [0, 0.1) is 0 Å². The monoisotopic (exact) mass is 315 g/mol. The fourth-order valence-electron chi connectivity index (χ4n) is 2.18. The highest BCUT2D eigenvalue weighted by atomic mass is 16.4. The molecule has 1 amide bonds. The van der Waals surface area contributed by atoms with Crippen LogP contribution in [-0.2, 0) is 11.2 Å². The molecule has 4 N–H and O–H groups in total. The third-order valence-electron chi connectivity index (χ3n) is 3.42. The molecule has 0 fully saturated rings. The molecule has 0 saturated carbocycles. The second-order valence-electron chi connectivity index (χ2n) is 5.06. The van der Waals surface area contributed by atoms with Gasteiger partial charge in [0.15, 0.2) is 6.10 Å². The number of phenols is 1. The van der Waals surface area contributed by atoms with E-state index in [1.807, 2.05) is 0 Å². The number of phenolic OH excluding ortho intramolecular Hbond substituents is 1. The third-order valence-corrected chi connectivity index (χ3v) is 3.42. The number of rotatable bonds is 6. The molecule has 2 aromatic carbocycles. The van der Waals surface area contributed by atoms with E-state index in [2.05, 4.69) is 5.32 Å². The van der Waals surface area contributed by atoms with Crippen molar-refractivity contribution in [1.29, 1.82) is 0 Å². The normalized spacial score (nSPS) is 13.1. The Labute approximate surface area is 133 Å². The smallest absolute Gasteiger partial charge is 0.334 e. The summed E-state index contributed by atoms with van der Waals surface area (Å²) in [6.45, 7) is 0. The molecule has 120 valence electrons. The molecule has 0 radical (unpaired) electrons. The zero-order valence-electron chi connectivity index (χ0n) is 12.2. The maximum absolute atomic E-state index is 12.2. The lowest BCUT2D eigenvalue weighted by Gasteiger charge is -2.22. The number of carboxylic acid groups (broad SMARTS) is 1. The van der Waals surface area contributed by atoms with Crippen molar-refractivity contribution in [3.8, 4) is 5.75 Å². The van der Waals surface area contributed by atoms with Crippen LogP contribution < -0.4 is 5.32 Å². The molecular weight excluding hydrogens is 298 g/mol. The number of aliphatic hydroxyl groups excluding tert-OH is 1. The second-order valence-corrected chi connectivity index (χ2v) is 5.06. The van der Waals surface area contributed by atoms with Crippen molar-refractivity contribution < 1.29 is 24.9 Å². The predicted octanol–water partition coefficient (Wildman–Crippen LogP) is 1.18. The van der Waals surface area contributed by atoms with E-state index in [1.54, 1.807) is 48.5 Å². The number of aliphatic carboxylic acids is 1. The summed E-state index contributed by atoms with van der Waals surface area (Å²) < 4.78 is 0. The van der Waals surface area contributed by atoms with Crippen LogP contribution in [0.5, 0.6) is 5.75 Å². The average Bonchev–Trinajstić information content (AvgIpc) is 2.56. The van der Waals surface area contributed by atoms with Gasteiger partial charge in [-0.25, -0.2) is 4.79 Å². The quantitative estimate of drug-likeness (QED) is 0.640. The molecule has 0 aliphatic rings. The molecule has 6 heteroatoms. The van der Waals surface area contributed by atoms with Gasteiger partial charge in [-0.3, -0.25) is 4.79 Å². The number of aromatic hydroxyl groups is 1. The topological polar surface area (TPSA) is 107 Å². The molecule has 0 spiro atoms. The first kappa shape index (κ1) is 16.5. The Morgan fingerprint density at radius 2 is 1.61 bits per heavy atom. The molecule has 2 atom stereocenters. The first-order chi connectivity index (χ1) is 11.0. The third kappa shape index (κ3) is 4.31. The molecule has 0 heterocycles. The van der Waals surface area contributed by atoms with Gasteiger partial charge in [0.2, 0.25) is 0 Å². The highest BCUT2D eigenvalue weighted by Gasteiger charge is 2.28. The van der Waals surface area contributed by atoms with E-state index in [1.165, 1.54) is 6.07 Å². The van der Waals surface area contributed by atoms with Crippen molar-refractivity contribution in [3.05, 3.63) is 65.7 Å². The standard InChI is InChI=1S/C17H17NO5/c19-14-9-5-4-8-12(14)10-13(15(20)17(22)23)18-16(21)11-6-2-1-3-7-11/h1-9,13,15,19-20H,10H2,(H,18,21)(H,22,23). The number of carbonyl (C=O) groups excluding carboxylic acids is 1. The van der Waals surface area contributed by atoms with E-state index in [0.29, 0.717) is 11.1 Å². The van der Waals surface area contributed by atoms with Crippen LogP contribution in [0.2, 0.25) is 0 Å². The van der Waals surface area contributed by atoms with E-state index in [4.69, 9.17) is 5.11 Å². The van der Waals surface area contributed by atoms with E-state index in [9.17, 15) is 19.8 Å². The number of amides is 1. The van der Waals surface area contributed by atoms with Gasteiger partial charge in [0.25, 0.3) is 5.91 Å². The lowest BCUT2D eigenvalue weighted by molar-refractivity contribution is -0.148. The molecule has 6 nitrogen and oxygen atoms in total. The van der Waals surface area contributed by atoms with Gasteiger partial charge in [-0.1, -0.05) is 36.4 Å². The number of carboxylic acids is 1. The van der Waals surface area contributed by atoms with Crippen molar-refractivity contribution in [1.82, 2.24) is 5.32 Å². The fraction of sp³-hybridized carbons (Fsp3) is 0.176. The summed E-state index contributed by atoms with van der Waals surface area (Å²) in [5.74, 6) is -1.96. The van der Waals surface area contributed by atoms with Crippen LogP contribution in [0.3, 0.4) is 0 Å². The minimum absolute atomic E-state index is 0.0152. The summed E-state index contributed by atoms with van der Waals surface area (Å²) in [7, 11) is 0. The summed E-state index contributed by atoms with van der Waals surface area (Å²) in [6, 6.07) is 13.6. The number of hydrogen-bond acceptors (Lipinski definition) is 4. The highest BCUT2D eigenvalue weighted by molar-refractivity contribution is 5.94. The number of nitrogens with one attached hydrogen (secondary N) is 1. The molecule has 0 aliphatic carbocycles. The van der Waals surface area contributed by atoms with Crippen molar-refractivity contribution in [2.24, 2.45) is 0 Å². The van der Waals surface area contributed by atoms with E-state index < -0.39 is 24.0 Å². The molecule has 23 heavy (non-hydrogen) atoms. The summed E-state index contributed by atoms with van der Waals surface area (Å²) in [5, 5.41) is 31.2. The Bertz CT molecular complexity index is 686. The van der Waals surface area contributed by atoms with Gasteiger partial charge in [0, 0.05) is 5.56 Å². The van der Waals surface area contributed by atoms with Crippen LogP contribution in [0.15, 0.2) is 54.6 Å². The zero-order valence-corrected chi connectivity index (χ0v) is 12.2. The van der Waals surface area contributed by atoms with Crippen molar-refractivity contribution in [2.75, 3.05) is 0 Å².